The van der Waals surface area contributed by atoms with Crippen LogP contribution in [0.2, 0.25) is 0 Å². The number of rotatable bonds is 0. The zero-order valence-corrected chi connectivity index (χ0v) is 4.11. The fraction of sp³-hybridized carbons (Fsp3) is 0.250. The van der Waals surface area contributed by atoms with Gasteiger partial charge in [0.05, 0.1) is 6.20 Å². The summed E-state index contributed by atoms with van der Waals surface area (Å²) in [5, 5.41) is 2.87. The second-order valence-corrected chi connectivity index (χ2v) is 1.28. The lowest BCUT2D eigenvalue weighted by Gasteiger charge is -2.02. The summed E-state index contributed by atoms with van der Waals surface area (Å²) >= 11 is 0. The molecule has 0 spiro atoms. The van der Waals surface area contributed by atoms with Gasteiger partial charge >= 0.3 is 6.30 Å². The van der Waals surface area contributed by atoms with Crippen LogP contribution < -0.4 is 0 Å². The van der Waals surface area contributed by atoms with Crippen LogP contribution >= 0.6 is 0 Å². The molecular formula is C4HF3N2. The monoisotopic (exact) mass is 134 g/mol. The smallest absolute Gasteiger partial charge is 0.173 e. The Morgan fingerprint density at radius 2 is 2.11 bits per heavy atom. The summed E-state index contributed by atoms with van der Waals surface area (Å²) < 4.78 is 34.2. The van der Waals surface area contributed by atoms with Crippen molar-refractivity contribution in [2.75, 3.05) is 0 Å². The third-order valence-electron chi connectivity index (χ3n) is 0.648. The highest BCUT2D eigenvalue weighted by Crippen LogP contribution is 2.18. The van der Waals surface area contributed by atoms with E-state index in [0.29, 0.717) is 0 Å². The molecule has 0 atom stereocenters. The zero-order valence-electron chi connectivity index (χ0n) is 4.11. The first-order chi connectivity index (χ1) is 4.11. The fourth-order valence-corrected chi connectivity index (χ4v) is 0.334. The Kier molecular flexibility index (Phi) is 1.19. The van der Waals surface area contributed by atoms with Crippen molar-refractivity contribution in [3.63, 3.8) is 0 Å². The second kappa shape index (κ2) is 1.75. The Morgan fingerprint density at radius 3 is 2.33 bits per heavy atom. The van der Waals surface area contributed by atoms with Crippen molar-refractivity contribution >= 4 is 0 Å². The lowest BCUT2D eigenvalue weighted by atomic mass is 10.8. The summed E-state index contributed by atoms with van der Waals surface area (Å²) in [4.78, 5) is 0. The van der Waals surface area contributed by atoms with Gasteiger partial charge in [0.25, 0.3) is 0 Å². The van der Waals surface area contributed by atoms with E-state index in [9.17, 15) is 13.2 Å². The van der Waals surface area contributed by atoms with E-state index in [1.807, 2.05) is 6.07 Å². The molecule has 1 aromatic heterocycles. The number of halogens is 3. The van der Waals surface area contributed by atoms with Crippen LogP contribution in [0.25, 0.3) is 0 Å². The first kappa shape index (κ1) is 6.12. The molecule has 48 valence electrons. The van der Waals surface area contributed by atoms with Gasteiger partial charge in [0.1, 0.15) is 6.20 Å². The maximum atomic E-state index is 11.5. The minimum atomic E-state index is -4.46. The predicted molar refractivity (Wildman–Crippen MR) is 21.2 cm³/mol. The normalized spacial score (nSPS) is 11.9. The number of aromatic nitrogens is 2. The molecule has 2 radical (unpaired) electrons. The van der Waals surface area contributed by atoms with Crippen LogP contribution in [0.15, 0.2) is 6.20 Å². The van der Waals surface area contributed by atoms with Gasteiger partial charge < -0.3 is 0 Å². The van der Waals surface area contributed by atoms with Gasteiger partial charge in [-0.2, -0.15) is 9.78 Å². The van der Waals surface area contributed by atoms with Gasteiger partial charge in [-0.3, -0.25) is 0 Å². The molecule has 1 aromatic rings. The van der Waals surface area contributed by atoms with Crippen molar-refractivity contribution in [1.29, 1.82) is 0 Å². The first-order valence-corrected chi connectivity index (χ1v) is 2.01. The zero-order chi connectivity index (χ0) is 6.91. The maximum Gasteiger partial charge on any atom is 0.505 e. The lowest BCUT2D eigenvalue weighted by molar-refractivity contribution is -0.212. The summed E-state index contributed by atoms with van der Waals surface area (Å²) in [6.07, 6.45) is -1.83. The van der Waals surface area contributed by atoms with Crippen LogP contribution in [0.1, 0.15) is 0 Å². The van der Waals surface area contributed by atoms with Crippen molar-refractivity contribution in [3.05, 3.63) is 18.5 Å². The van der Waals surface area contributed by atoms with Crippen LogP contribution in [0.4, 0.5) is 13.2 Å². The molecule has 0 aliphatic rings. The molecule has 0 N–H and O–H groups in total. The van der Waals surface area contributed by atoms with E-state index in [4.69, 9.17) is 0 Å². The molecule has 5 heteroatoms. The van der Waals surface area contributed by atoms with Gasteiger partial charge in [-0.15, -0.1) is 13.2 Å². The molecule has 2 nitrogen and oxygen atoms in total. The van der Waals surface area contributed by atoms with Crippen molar-refractivity contribution in [2.24, 2.45) is 0 Å². The SMILES string of the molecule is FC(F)(F)n1[c][c]cn1. The Labute approximate surface area is 48.9 Å². The van der Waals surface area contributed by atoms with E-state index < -0.39 is 6.30 Å². The van der Waals surface area contributed by atoms with Crippen LogP contribution in [0.3, 0.4) is 0 Å². The van der Waals surface area contributed by atoms with E-state index in [-0.39, 0.29) is 4.68 Å². The van der Waals surface area contributed by atoms with Crippen LogP contribution in [-0.2, 0) is 6.30 Å². The predicted octanol–water partition coefficient (Wildman–Crippen LogP) is 0.960. The van der Waals surface area contributed by atoms with E-state index in [1.54, 1.807) is 6.20 Å². The molecule has 0 bridgehead atoms. The molecule has 9 heavy (non-hydrogen) atoms. The molecular weight excluding hydrogens is 133 g/mol. The van der Waals surface area contributed by atoms with E-state index in [2.05, 4.69) is 5.10 Å². The topological polar surface area (TPSA) is 17.8 Å². The maximum absolute atomic E-state index is 11.5. The van der Waals surface area contributed by atoms with Gasteiger partial charge in [-0.05, 0) is 0 Å². The summed E-state index contributed by atoms with van der Waals surface area (Å²) in [6, 6.07) is 2.04. The second-order valence-electron chi connectivity index (χ2n) is 1.28. The Balaban J connectivity index is 2.90. The number of alkyl halides is 3. The quantitative estimate of drug-likeness (QED) is 0.516. The molecule has 0 saturated heterocycles. The molecule has 0 aliphatic heterocycles. The van der Waals surface area contributed by atoms with E-state index >= 15 is 0 Å². The molecule has 0 fully saturated rings. The highest BCUT2D eigenvalue weighted by Gasteiger charge is 2.30. The Hall–Kier alpha value is -1.00. The summed E-state index contributed by atoms with van der Waals surface area (Å²) in [5.41, 5.74) is 0. The number of nitrogens with zero attached hydrogens (tertiary/aromatic N) is 2. The third kappa shape index (κ3) is 1.22. The summed E-state index contributed by atoms with van der Waals surface area (Å²) in [6.45, 7) is 0. The van der Waals surface area contributed by atoms with Crippen LogP contribution in [0, 0.1) is 12.3 Å². The molecule has 0 saturated carbocycles. The van der Waals surface area contributed by atoms with Gasteiger partial charge in [-0.25, -0.2) is 0 Å². The van der Waals surface area contributed by atoms with Crippen LogP contribution in [-0.4, -0.2) is 9.78 Å². The Morgan fingerprint density at radius 1 is 1.44 bits per heavy atom. The van der Waals surface area contributed by atoms with Gasteiger partial charge in [0, 0.05) is 6.07 Å². The summed E-state index contributed by atoms with van der Waals surface area (Å²) in [7, 11) is 0. The van der Waals surface area contributed by atoms with E-state index in [0.717, 1.165) is 6.20 Å². The average Bonchev–Trinajstić information content (AvgIpc) is 2.08. The largest absolute Gasteiger partial charge is 0.505 e. The molecule has 1 heterocycles. The van der Waals surface area contributed by atoms with Gasteiger partial charge in [0.15, 0.2) is 0 Å². The lowest BCUT2D eigenvalue weighted by Crippen LogP contribution is -2.16. The average molecular weight is 134 g/mol. The Bertz CT molecular complexity index is 176. The first-order valence-electron chi connectivity index (χ1n) is 2.01. The minimum absolute atomic E-state index is 0.243. The van der Waals surface area contributed by atoms with Crippen molar-refractivity contribution < 1.29 is 13.2 Å². The number of hydrogen-bond acceptors (Lipinski definition) is 1. The van der Waals surface area contributed by atoms with Crippen molar-refractivity contribution in [1.82, 2.24) is 9.78 Å². The molecule has 1 rings (SSSR count). The fourth-order valence-electron chi connectivity index (χ4n) is 0.334. The van der Waals surface area contributed by atoms with Gasteiger partial charge in [-0.1, -0.05) is 0 Å². The van der Waals surface area contributed by atoms with Crippen LogP contribution in [0.5, 0.6) is 0 Å². The minimum Gasteiger partial charge on any atom is -0.173 e. The third-order valence-corrected chi connectivity index (χ3v) is 0.648. The van der Waals surface area contributed by atoms with Crippen molar-refractivity contribution in [2.45, 2.75) is 6.30 Å². The summed E-state index contributed by atoms with van der Waals surface area (Å²) in [5.74, 6) is 0. The molecule has 0 aliphatic carbocycles. The highest BCUT2D eigenvalue weighted by molar-refractivity contribution is 4.73. The van der Waals surface area contributed by atoms with E-state index in [1.165, 1.54) is 0 Å². The molecule has 0 unspecified atom stereocenters. The van der Waals surface area contributed by atoms with Gasteiger partial charge in [0.2, 0.25) is 0 Å². The number of hydrogen-bond donors (Lipinski definition) is 0. The van der Waals surface area contributed by atoms with Crippen molar-refractivity contribution in [3.8, 4) is 0 Å². The standard InChI is InChI=1S/C4HF3N2/c5-4(6,7)9-3-1-2-8-9/h2H. The molecule has 0 amide bonds. The highest BCUT2D eigenvalue weighted by atomic mass is 19.4. The molecule has 0 aromatic carbocycles.